The van der Waals surface area contributed by atoms with Gasteiger partial charge in [0.05, 0.1) is 22.1 Å². The summed E-state index contributed by atoms with van der Waals surface area (Å²) in [5.74, 6) is 0. The van der Waals surface area contributed by atoms with Crippen LogP contribution in [0, 0.1) is 0 Å². The molecule has 306 valence electrons. The Bertz CT molecular complexity index is 4420. The van der Waals surface area contributed by atoms with E-state index in [1.54, 1.807) is 8.80 Å². The van der Waals surface area contributed by atoms with Gasteiger partial charge in [0.25, 0.3) is 11.1 Å². The Balaban J connectivity index is 0.823. The minimum absolute atomic E-state index is 0.0613. The Morgan fingerprint density at radius 3 is 1.27 bits per heavy atom. The fraction of sp³-hybridized carbons (Fsp3) is 0. The molecule has 0 aliphatic rings. The van der Waals surface area contributed by atoms with Gasteiger partial charge in [-0.25, -0.2) is 9.97 Å². The van der Waals surface area contributed by atoms with Gasteiger partial charge in [-0.3, -0.25) is 18.4 Å². The second-order valence-electron chi connectivity index (χ2n) is 17.2. The zero-order valence-electron chi connectivity index (χ0n) is 35.2. The van der Waals surface area contributed by atoms with Crippen LogP contribution in [0.3, 0.4) is 0 Å². The molecular formula is C60H34N4O2. The highest BCUT2D eigenvalue weighted by Gasteiger charge is 2.21. The molecule has 66 heavy (non-hydrogen) atoms. The largest absolute Gasteiger partial charge is 0.268 e. The Hall–Kier alpha value is -9.00. The molecule has 0 N–H and O–H groups in total. The molecule has 14 aromatic rings. The average Bonchev–Trinajstić information content (AvgIpc) is 3.97. The minimum atomic E-state index is -0.0635. The molecular weight excluding hydrogens is 809 g/mol. The van der Waals surface area contributed by atoms with Crippen molar-refractivity contribution in [3.05, 3.63) is 227 Å². The minimum Gasteiger partial charge on any atom is -0.268 e. The van der Waals surface area contributed by atoms with Gasteiger partial charge in [0.1, 0.15) is 11.3 Å². The number of hydrogen-bond donors (Lipinski definition) is 0. The van der Waals surface area contributed by atoms with E-state index < -0.39 is 0 Å². The molecule has 14 rings (SSSR count). The Labute approximate surface area is 376 Å². The van der Waals surface area contributed by atoms with Crippen molar-refractivity contribution in [2.24, 2.45) is 0 Å². The molecule has 10 aromatic carbocycles. The van der Waals surface area contributed by atoms with Crippen molar-refractivity contribution in [2.75, 3.05) is 0 Å². The first-order valence-electron chi connectivity index (χ1n) is 22.1. The molecule has 0 fully saturated rings. The Morgan fingerprint density at radius 2 is 0.667 bits per heavy atom. The van der Waals surface area contributed by atoms with Crippen LogP contribution in [0.25, 0.3) is 132 Å². The van der Waals surface area contributed by atoms with Crippen molar-refractivity contribution >= 4 is 76.5 Å². The van der Waals surface area contributed by atoms with E-state index in [2.05, 4.69) is 140 Å². The number of imidazole rings is 2. The second kappa shape index (κ2) is 13.7. The lowest BCUT2D eigenvalue weighted by molar-refractivity contribution is 1.19. The Morgan fingerprint density at radius 1 is 0.288 bits per heavy atom. The molecule has 0 aliphatic carbocycles. The van der Waals surface area contributed by atoms with Crippen LogP contribution in [0.5, 0.6) is 0 Å². The molecule has 6 nitrogen and oxygen atoms in total. The first-order valence-corrected chi connectivity index (χ1v) is 22.1. The zero-order chi connectivity index (χ0) is 43.6. The number of rotatable bonds is 5. The van der Waals surface area contributed by atoms with Gasteiger partial charge in [-0.05, 0) is 115 Å². The molecule has 0 aliphatic heterocycles. The van der Waals surface area contributed by atoms with Crippen molar-refractivity contribution in [1.82, 2.24) is 18.8 Å². The molecule has 0 saturated carbocycles. The summed E-state index contributed by atoms with van der Waals surface area (Å²) >= 11 is 0. The van der Waals surface area contributed by atoms with E-state index in [4.69, 9.17) is 9.97 Å². The van der Waals surface area contributed by atoms with E-state index in [0.717, 1.165) is 110 Å². The third kappa shape index (κ3) is 5.24. The molecule has 6 heteroatoms. The summed E-state index contributed by atoms with van der Waals surface area (Å²) in [4.78, 5) is 38.7. The molecule has 0 atom stereocenters. The summed E-state index contributed by atoms with van der Waals surface area (Å²) in [5, 5.41) is 7.23. The predicted molar refractivity (Wildman–Crippen MR) is 271 cm³/mol. The topological polar surface area (TPSA) is 68.7 Å². The SMILES string of the molecule is O=c1c2cccc3c(-c4ccc(-c5cccc(-c6ccc7c(c6)nc6c8cccc9c(-c%10ccccc%10)ccc(c(=O)n76)c98)c5)cc4)ccc(c32)c2nc3cc(-c4ccccc4)ccc3n12. The van der Waals surface area contributed by atoms with E-state index in [0.29, 0.717) is 22.1 Å². The van der Waals surface area contributed by atoms with Crippen molar-refractivity contribution in [3.63, 3.8) is 0 Å². The van der Waals surface area contributed by atoms with Crippen LogP contribution in [0.15, 0.2) is 216 Å². The van der Waals surface area contributed by atoms with Gasteiger partial charge in [-0.15, -0.1) is 0 Å². The van der Waals surface area contributed by atoms with Gasteiger partial charge in [0.15, 0.2) is 0 Å². The maximum Gasteiger partial charge on any atom is 0.264 e. The first-order chi connectivity index (χ1) is 32.6. The first kappa shape index (κ1) is 36.5. The van der Waals surface area contributed by atoms with Gasteiger partial charge in [0, 0.05) is 32.3 Å². The highest BCUT2D eigenvalue weighted by atomic mass is 16.1. The quantitative estimate of drug-likeness (QED) is 0.173. The molecule has 4 heterocycles. The predicted octanol–water partition coefficient (Wildman–Crippen LogP) is 13.8. The Kier molecular flexibility index (Phi) is 7.60. The average molecular weight is 843 g/mol. The van der Waals surface area contributed by atoms with Crippen LogP contribution in [0.2, 0.25) is 0 Å². The summed E-state index contributed by atoms with van der Waals surface area (Å²) in [6.45, 7) is 0. The lowest BCUT2D eigenvalue weighted by Gasteiger charge is -2.13. The highest BCUT2D eigenvalue weighted by Crippen LogP contribution is 2.39. The fourth-order valence-corrected chi connectivity index (χ4v) is 10.5. The smallest absolute Gasteiger partial charge is 0.264 e. The normalized spacial score (nSPS) is 12.1. The van der Waals surface area contributed by atoms with Crippen molar-refractivity contribution < 1.29 is 0 Å². The van der Waals surface area contributed by atoms with E-state index in [-0.39, 0.29) is 11.1 Å². The maximum atomic E-state index is 14.3. The number of nitrogens with zero attached hydrogens (tertiary/aromatic N) is 4. The number of pyridine rings is 2. The van der Waals surface area contributed by atoms with Crippen molar-refractivity contribution in [1.29, 1.82) is 0 Å². The zero-order valence-corrected chi connectivity index (χ0v) is 35.2. The fourth-order valence-electron chi connectivity index (χ4n) is 10.5. The number of hydrogen-bond acceptors (Lipinski definition) is 4. The number of fused-ring (bicyclic) bond motifs is 8. The van der Waals surface area contributed by atoms with Gasteiger partial charge in [-0.1, -0.05) is 158 Å². The lowest BCUT2D eigenvalue weighted by atomic mass is 9.92. The summed E-state index contributed by atoms with van der Waals surface area (Å²) in [5.41, 5.74) is 15.2. The van der Waals surface area contributed by atoms with Crippen molar-refractivity contribution in [3.8, 4) is 55.6 Å². The van der Waals surface area contributed by atoms with Crippen LogP contribution < -0.4 is 11.1 Å². The number of aromatic nitrogens is 4. The van der Waals surface area contributed by atoms with Crippen LogP contribution in [0.1, 0.15) is 0 Å². The third-order valence-electron chi connectivity index (χ3n) is 13.7. The van der Waals surface area contributed by atoms with E-state index >= 15 is 0 Å². The van der Waals surface area contributed by atoms with E-state index in [9.17, 15) is 9.59 Å². The monoisotopic (exact) mass is 842 g/mol. The summed E-state index contributed by atoms with van der Waals surface area (Å²) < 4.78 is 3.54. The molecule has 0 radical (unpaired) electrons. The van der Waals surface area contributed by atoms with Gasteiger partial charge in [0.2, 0.25) is 0 Å². The lowest BCUT2D eigenvalue weighted by Crippen LogP contribution is -2.13. The van der Waals surface area contributed by atoms with Crippen molar-refractivity contribution in [2.45, 2.75) is 0 Å². The standard InChI is InChI=1S/C60H34N4O2/c65-59-49-19-9-17-46-44(26-28-48(56(46)49)58-62-51-33-41(24-30-53(51)64(58)59)35-10-3-1-4-11-35)38-22-20-36(21-23-38)39-14-7-15-40(32-39)42-25-31-54-52(34-42)61-57-47-18-8-16-45-43(37-12-5-2-6-13-37)27-29-50(55(45)47)60(66)63(54)57/h1-34H. The molecule has 0 spiro atoms. The summed E-state index contributed by atoms with van der Waals surface area (Å²) in [6.07, 6.45) is 0. The van der Waals surface area contributed by atoms with Gasteiger partial charge < -0.3 is 0 Å². The van der Waals surface area contributed by atoms with Crippen LogP contribution >= 0.6 is 0 Å². The van der Waals surface area contributed by atoms with E-state index in [1.807, 2.05) is 66.7 Å². The molecule has 0 unspecified atom stereocenters. The van der Waals surface area contributed by atoms with E-state index in [1.165, 1.54) is 0 Å². The van der Waals surface area contributed by atoms with Crippen LogP contribution in [-0.2, 0) is 0 Å². The molecule has 0 saturated heterocycles. The summed E-state index contributed by atoms with van der Waals surface area (Å²) in [6, 6.07) is 70.7. The third-order valence-corrected chi connectivity index (χ3v) is 13.7. The van der Waals surface area contributed by atoms with Crippen LogP contribution in [0.4, 0.5) is 0 Å². The van der Waals surface area contributed by atoms with Crippen LogP contribution in [-0.4, -0.2) is 18.8 Å². The molecule has 0 bridgehead atoms. The summed E-state index contributed by atoms with van der Waals surface area (Å²) in [7, 11) is 0. The van der Waals surface area contributed by atoms with Gasteiger partial charge >= 0.3 is 0 Å². The van der Waals surface area contributed by atoms with Gasteiger partial charge in [-0.2, -0.15) is 0 Å². The highest BCUT2D eigenvalue weighted by molar-refractivity contribution is 6.20. The molecule has 0 amide bonds. The maximum absolute atomic E-state index is 14.3. The second-order valence-corrected chi connectivity index (χ2v) is 17.2. The number of benzene rings is 10. The molecule has 4 aromatic heterocycles.